The smallest absolute Gasteiger partial charge is 0.150 e. The molecule has 0 unspecified atom stereocenters. The Bertz CT molecular complexity index is 580. The molecule has 0 spiro atoms. The number of ether oxygens (including phenoxy) is 1. The van der Waals surface area contributed by atoms with E-state index in [0.29, 0.717) is 5.57 Å². The van der Waals surface area contributed by atoms with Gasteiger partial charge in [0, 0.05) is 5.57 Å². The number of phenolic OH excluding ortho intramolecular Hbond substituents is 1. The molecule has 2 rings (SSSR count). The van der Waals surface area contributed by atoms with Crippen LogP contribution in [0.5, 0.6) is 11.5 Å². The lowest BCUT2D eigenvalue weighted by molar-refractivity contribution is -0.103. The number of hydrogen-bond acceptors (Lipinski definition) is 3. The summed E-state index contributed by atoms with van der Waals surface area (Å²) in [5.74, 6) is 0.952. The molecule has 96 valence electrons. The van der Waals surface area contributed by atoms with Gasteiger partial charge < -0.3 is 9.84 Å². The van der Waals surface area contributed by atoms with Gasteiger partial charge >= 0.3 is 0 Å². The summed E-state index contributed by atoms with van der Waals surface area (Å²) in [6, 6.07) is 14.0. The van der Waals surface area contributed by atoms with Crippen molar-refractivity contribution in [3.05, 3.63) is 59.7 Å². The van der Waals surface area contributed by atoms with Gasteiger partial charge in [0.15, 0.2) is 6.29 Å². The SMILES string of the molecule is COc1ccc(/C=C(/C=O)c2ccc(O)cc2)cc1. The number of benzene rings is 2. The van der Waals surface area contributed by atoms with Crippen molar-refractivity contribution in [2.24, 2.45) is 0 Å². The molecule has 0 aliphatic carbocycles. The number of rotatable bonds is 4. The van der Waals surface area contributed by atoms with Crippen LogP contribution in [-0.4, -0.2) is 18.5 Å². The van der Waals surface area contributed by atoms with Gasteiger partial charge in [0.1, 0.15) is 11.5 Å². The zero-order valence-corrected chi connectivity index (χ0v) is 10.5. The van der Waals surface area contributed by atoms with Crippen LogP contribution in [0.1, 0.15) is 11.1 Å². The molecule has 0 bridgehead atoms. The molecule has 0 aliphatic heterocycles. The molecule has 1 N–H and O–H groups in total. The third-order valence-electron chi connectivity index (χ3n) is 2.77. The highest BCUT2D eigenvalue weighted by Crippen LogP contribution is 2.20. The molecule has 2 aromatic rings. The van der Waals surface area contributed by atoms with Gasteiger partial charge in [0.25, 0.3) is 0 Å². The lowest BCUT2D eigenvalue weighted by Gasteiger charge is -2.03. The molecule has 0 atom stereocenters. The first kappa shape index (κ1) is 12.9. The second kappa shape index (κ2) is 5.87. The Hall–Kier alpha value is -2.55. The van der Waals surface area contributed by atoms with Crippen molar-refractivity contribution in [3.8, 4) is 11.5 Å². The number of carbonyl (C=O) groups is 1. The minimum Gasteiger partial charge on any atom is -0.508 e. The second-order valence-corrected chi connectivity index (χ2v) is 4.04. The minimum absolute atomic E-state index is 0.179. The van der Waals surface area contributed by atoms with Crippen LogP contribution in [-0.2, 0) is 4.79 Å². The van der Waals surface area contributed by atoms with Crippen molar-refractivity contribution in [2.75, 3.05) is 7.11 Å². The molecule has 0 aliphatic rings. The molecular formula is C16H14O3. The molecule has 0 heterocycles. The van der Waals surface area contributed by atoms with Crippen LogP contribution in [0.4, 0.5) is 0 Å². The molecule has 0 saturated carbocycles. The van der Waals surface area contributed by atoms with Crippen molar-refractivity contribution in [1.82, 2.24) is 0 Å². The van der Waals surface area contributed by atoms with Crippen LogP contribution in [0.25, 0.3) is 11.6 Å². The van der Waals surface area contributed by atoms with Crippen LogP contribution < -0.4 is 4.74 Å². The van der Waals surface area contributed by atoms with E-state index < -0.39 is 0 Å². The van der Waals surface area contributed by atoms with E-state index in [9.17, 15) is 9.90 Å². The summed E-state index contributed by atoms with van der Waals surface area (Å²) in [6.07, 6.45) is 2.59. The molecule has 0 fully saturated rings. The molecule has 19 heavy (non-hydrogen) atoms. The van der Waals surface area contributed by atoms with Gasteiger partial charge in [0.2, 0.25) is 0 Å². The number of carbonyl (C=O) groups excluding carboxylic acids is 1. The molecule has 3 heteroatoms. The standard InChI is InChI=1S/C16H14O3/c1-19-16-8-2-12(3-9-16)10-14(11-17)13-4-6-15(18)7-5-13/h2-11,18H,1H3/b14-10-. The number of phenols is 1. The average molecular weight is 254 g/mol. The number of allylic oxidation sites excluding steroid dienone is 1. The Balaban J connectivity index is 2.32. The largest absolute Gasteiger partial charge is 0.508 e. The van der Waals surface area contributed by atoms with Crippen molar-refractivity contribution >= 4 is 17.9 Å². The van der Waals surface area contributed by atoms with Gasteiger partial charge in [-0.05, 0) is 41.5 Å². The number of methoxy groups -OCH3 is 1. The highest BCUT2D eigenvalue weighted by atomic mass is 16.5. The van der Waals surface area contributed by atoms with E-state index in [2.05, 4.69) is 0 Å². The normalized spacial score (nSPS) is 11.1. The predicted octanol–water partition coefficient (Wildman–Crippen LogP) is 3.14. The fourth-order valence-electron chi connectivity index (χ4n) is 1.72. The molecule has 0 amide bonds. The first-order chi connectivity index (χ1) is 9.22. The van der Waals surface area contributed by atoms with Crippen LogP contribution in [0.15, 0.2) is 48.5 Å². The van der Waals surface area contributed by atoms with E-state index >= 15 is 0 Å². The summed E-state index contributed by atoms with van der Waals surface area (Å²) in [5.41, 5.74) is 2.24. The number of aldehydes is 1. The van der Waals surface area contributed by atoms with E-state index in [0.717, 1.165) is 23.2 Å². The summed E-state index contributed by atoms with van der Waals surface area (Å²) < 4.78 is 5.08. The quantitative estimate of drug-likeness (QED) is 0.518. The summed E-state index contributed by atoms with van der Waals surface area (Å²) in [6.45, 7) is 0. The first-order valence-corrected chi connectivity index (χ1v) is 5.83. The monoisotopic (exact) mass is 254 g/mol. The van der Waals surface area contributed by atoms with Crippen molar-refractivity contribution < 1.29 is 14.6 Å². The molecule has 3 nitrogen and oxygen atoms in total. The van der Waals surface area contributed by atoms with Crippen molar-refractivity contribution in [3.63, 3.8) is 0 Å². The zero-order chi connectivity index (χ0) is 13.7. The van der Waals surface area contributed by atoms with Crippen LogP contribution in [0, 0.1) is 0 Å². The molecule has 0 saturated heterocycles. The Labute approximate surface area is 111 Å². The van der Waals surface area contributed by atoms with Gasteiger partial charge in [-0.15, -0.1) is 0 Å². The van der Waals surface area contributed by atoms with Gasteiger partial charge in [-0.25, -0.2) is 0 Å². The van der Waals surface area contributed by atoms with Gasteiger partial charge in [-0.1, -0.05) is 24.3 Å². The van der Waals surface area contributed by atoms with Gasteiger partial charge in [0.05, 0.1) is 7.11 Å². The lowest BCUT2D eigenvalue weighted by atomic mass is 10.0. The third-order valence-corrected chi connectivity index (χ3v) is 2.77. The van der Waals surface area contributed by atoms with Crippen molar-refractivity contribution in [1.29, 1.82) is 0 Å². The lowest BCUT2D eigenvalue weighted by Crippen LogP contribution is -1.86. The fourth-order valence-corrected chi connectivity index (χ4v) is 1.72. The summed E-state index contributed by atoms with van der Waals surface area (Å²) >= 11 is 0. The van der Waals surface area contributed by atoms with E-state index in [1.165, 1.54) is 0 Å². The van der Waals surface area contributed by atoms with E-state index in [1.54, 1.807) is 37.5 Å². The predicted molar refractivity (Wildman–Crippen MR) is 75.0 cm³/mol. The van der Waals surface area contributed by atoms with Crippen LogP contribution >= 0.6 is 0 Å². The highest BCUT2D eigenvalue weighted by Gasteiger charge is 2.01. The summed E-state index contributed by atoms with van der Waals surface area (Å²) in [7, 11) is 1.61. The Morgan fingerprint density at radius 3 is 2.21 bits per heavy atom. The average Bonchev–Trinajstić information content (AvgIpc) is 2.46. The highest BCUT2D eigenvalue weighted by molar-refractivity contribution is 6.13. The number of aromatic hydroxyl groups is 1. The topological polar surface area (TPSA) is 46.5 Å². The fraction of sp³-hybridized carbons (Fsp3) is 0.0625. The Kier molecular flexibility index (Phi) is 3.98. The summed E-state index contributed by atoms with van der Waals surface area (Å²) in [5, 5.41) is 9.24. The van der Waals surface area contributed by atoms with E-state index in [1.807, 2.05) is 24.3 Å². The summed E-state index contributed by atoms with van der Waals surface area (Å²) in [4.78, 5) is 11.2. The van der Waals surface area contributed by atoms with Crippen LogP contribution in [0.2, 0.25) is 0 Å². The van der Waals surface area contributed by atoms with E-state index in [4.69, 9.17) is 4.74 Å². The maximum Gasteiger partial charge on any atom is 0.150 e. The van der Waals surface area contributed by atoms with Gasteiger partial charge in [-0.2, -0.15) is 0 Å². The second-order valence-electron chi connectivity index (χ2n) is 4.04. The number of hydrogen-bond donors (Lipinski definition) is 1. The maximum atomic E-state index is 11.2. The molecule has 0 radical (unpaired) electrons. The zero-order valence-electron chi connectivity index (χ0n) is 10.5. The van der Waals surface area contributed by atoms with Crippen LogP contribution in [0.3, 0.4) is 0 Å². The maximum absolute atomic E-state index is 11.2. The van der Waals surface area contributed by atoms with E-state index in [-0.39, 0.29) is 5.75 Å². The Morgan fingerprint density at radius 1 is 1.05 bits per heavy atom. The third kappa shape index (κ3) is 3.22. The molecule has 2 aromatic carbocycles. The molecular weight excluding hydrogens is 240 g/mol. The van der Waals surface area contributed by atoms with Crippen molar-refractivity contribution in [2.45, 2.75) is 0 Å². The Morgan fingerprint density at radius 2 is 1.68 bits per heavy atom. The first-order valence-electron chi connectivity index (χ1n) is 5.83. The van der Waals surface area contributed by atoms with Gasteiger partial charge in [-0.3, -0.25) is 4.79 Å². The molecule has 0 aromatic heterocycles. The minimum atomic E-state index is 0.179.